The van der Waals surface area contributed by atoms with Crippen molar-refractivity contribution in [3.8, 4) is 5.69 Å². The maximum absolute atomic E-state index is 13.7. The molecule has 3 rings (SSSR count). The molecule has 0 spiro atoms. The number of hydrogen-bond donors (Lipinski definition) is 2. The van der Waals surface area contributed by atoms with Crippen molar-refractivity contribution in [3.05, 3.63) is 48.0 Å². The third kappa shape index (κ3) is 3.56. The van der Waals surface area contributed by atoms with Crippen molar-refractivity contribution in [1.82, 2.24) is 15.1 Å². The van der Waals surface area contributed by atoms with Gasteiger partial charge in [-0.05, 0) is 30.9 Å². The van der Waals surface area contributed by atoms with E-state index in [0.29, 0.717) is 0 Å². The van der Waals surface area contributed by atoms with E-state index in [1.165, 1.54) is 23.1 Å². The molecule has 1 amide bonds. The molecule has 1 heterocycles. The molecule has 7 heteroatoms. The van der Waals surface area contributed by atoms with Crippen LogP contribution in [0.2, 0.25) is 0 Å². The topological polar surface area (TPSA) is 84.2 Å². The molecule has 1 atom stereocenters. The molecule has 1 aliphatic carbocycles. The summed E-state index contributed by atoms with van der Waals surface area (Å²) in [5, 5.41) is 15.7. The molecule has 1 fully saturated rings. The van der Waals surface area contributed by atoms with Crippen LogP contribution in [0.5, 0.6) is 0 Å². The Morgan fingerprint density at radius 3 is 2.78 bits per heavy atom. The van der Waals surface area contributed by atoms with Gasteiger partial charge in [0.15, 0.2) is 0 Å². The summed E-state index contributed by atoms with van der Waals surface area (Å²) in [4.78, 5) is 23.1. The zero-order chi connectivity index (χ0) is 16.4. The average Bonchev–Trinajstić information content (AvgIpc) is 3.24. The number of aromatic nitrogens is 2. The number of hydrogen-bond acceptors (Lipinski definition) is 3. The molecule has 6 nitrogen and oxygen atoms in total. The highest BCUT2D eigenvalue weighted by molar-refractivity contribution is 5.94. The minimum absolute atomic E-state index is 0.0993. The van der Waals surface area contributed by atoms with Gasteiger partial charge in [-0.15, -0.1) is 0 Å². The number of aliphatic carboxylic acids is 1. The fraction of sp³-hybridized carbons (Fsp3) is 0.312. The second-order valence-corrected chi connectivity index (χ2v) is 5.64. The predicted octanol–water partition coefficient (Wildman–Crippen LogP) is 1.99. The van der Waals surface area contributed by atoms with E-state index in [4.69, 9.17) is 5.11 Å². The molecule has 120 valence electrons. The van der Waals surface area contributed by atoms with E-state index in [0.717, 1.165) is 12.8 Å². The number of halogens is 1. The highest BCUT2D eigenvalue weighted by atomic mass is 19.1. The smallest absolute Gasteiger partial charge is 0.305 e. The minimum atomic E-state index is -0.941. The Morgan fingerprint density at radius 1 is 1.39 bits per heavy atom. The van der Waals surface area contributed by atoms with E-state index < -0.39 is 17.7 Å². The molecular weight excluding hydrogens is 301 g/mol. The van der Waals surface area contributed by atoms with Crippen molar-refractivity contribution in [1.29, 1.82) is 0 Å². The Balaban J connectivity index is 1.73. The van der Waals surface area contributed by atoms with Crippen LogP contribution in [0.1, 0.15) is 29.6 Å². The van der Waals surface area contributed by atoms with Crippen LogP contribution in [0, 0.1) is 11.7 Å². The number of nitrogens with zero attached hydrogens (tertiary/aromatic N) is 2. The SMILES string of the molecule is O=C(O)C[C@H](NC(=O)c1cnn(-c2ccccc2F)c1)C1CC1. The molecule has 0 radical (unpaired) electrons. The van der Waals surface area contributed by atoms with E-state index >= 15 is 0 Å². The lowest BCUT2D eigenvalue weighted by molar-refractivity contribution is -0.137. The Bertz CT molecular complexity index is 740. The van der Waals surface area contributed by atoms with E-state index in [-0.39, 0.29) is 29.6 Å². The third-order valence-corrected chi connectivity index (χ3v) is 3.85. The van der Waals surface area contributed by atoms with Crippen LogP contribution < -0.4 is 5.32 Å². The van der Waals surface area contributed by atoms with Crippen molar-refractivity contribution >= 4 is 11.9 Å². The Kier molecular flexibility index (Phi) is 4.10. The van der Waals surface area contributed by atoms with Gasteiger partial charge in [0.05, 0.1) is 18.2 Å². The molecular formula is C16H16FN3O3. The van der Waals surface area contributed by atoms with Gasteiger partial charge in [-0.1, -0.05) is 12.1 Å². The largest absolute Gasteiger partial charge is 0.481 e. The van der Waals surface area contributed by atoms with Crippen LogP contribution in [-0.2, 0) is 4.79 Å². The van der Waals surface area contributed by atoms with Gasteiger partial charge in [-0.2, -0.15) is 5.10 Å². The number of carbonyl (C=O) groups excluding carboxylic acids is 1. The molecule has 1 aliphatic rings. The first-order valence-electron chi connectivity index (χ1n) is 7.37. The van der Waals surface area contributed by atoms with Crippen LogP contribution in [0.4, 0.5) is 4.39 Å². The number of rotatable bonds is 6. The van der Waals surface area contributed by atoms with Crippen molar-refractivity contribution in [3.63, 3.8) is 0 Å². The Labute approximate surface area is 131 Å². The van der Waals surface area contributed by atoms with Crippen molar-refractivity contribution in [2.75, 3.05) is 0 Å². The number of benzene rings is 1. The standard InChI is InChI=1S/C16H16FN3O3/c17-12-3-1-2-4-14(12)20-9-11(8-18-20)16(23)19-13(7-15(21)22)10-5-6-10/h1-4,8-10,13H,5-7H2,(H,19,23)(H,21,22)/t13-/m0/s1. The summed E-state index contributed by atoms with van der Waals surface area (Å²) in [5.74, 6) is -1.56. The van der Waals surface area contributed by atoms with Gasteiger partial charge >= 0.3 is 5.97 Å². The molecule has 1 aromatic heterocycles. The first-order chi connectivity index (χ1) is 11.0. The fourth-order valence-corrected chi connectivity index (χ4v) is 2.48. The summed E-state index contributed by atoms with van der Waals surface area (Å²) in [6, 6.07) is 5.74. The summed E-state index contributed by atoms with van der Waals surface area (Å²) in [7, 11) is 0. The highest BCUT2D eigenvalue weighted by Gasteiger charge is 2.34. The van der Waals surface area contributed by atoms with Crippen molar-refractivity contribution in [2.24, 2.45) is 5.92 Å². The normalized spacial score (nSPS) is 15.2. The maximum atomic E-state index is 13.7. The van der Waals surface area contributed by atoms with Gasteiger partial charge in [-0.25, -0.2) is 9.07 Å². The molecule has 0 unspecified atom stereocenters. The summed E-state index contributed by atoms with van der Waals surface area (Å²) in [5.41, 5.74) is 0.514. The van der Waals surface area contributed by atoms with E-state index in [1.54, 1.807) is 18.2 Å². The number of carboxylic acid groups (broad SMARTS) is 1. The first-order valence-corrected chi connectivity index (χ1v) is 7.37. The van der Waals surface area contributed by atoms with Gasteiger partial charge in [0.1, 0.15) is 11.5 Å². The lowest BCUT2D eigenvalue weighted by Gasteiger charge is -2.15. The molecule has 2 N–H and O–H groups in total. The lowest BCUT2D eigenvalue weighted by Crippen LogP contribution is -2.37. The van der Waals surface area contributed by atoms with Gasteiger partial charge in [0.2, 0.25) is 0 Å². The molecule has 2 aromatic rings. The van der Waals surface area contributed by atoms with Crippen molar-refractivity contribution in [2.45, 2.75) is 25.3 Å². The number of carbonyl (C=O) groups is 2. The van der Waals surface area contributed by atoms with E-state index in [2.05, 4.69) is 10.4 Å². The monoisotopic (exact) mass is 317 g/mol. The highest BCUT2D eigenvalue weighted by Crippen LogP contribution is 2.34. The summed E-state index contributed by atoms with van der Waals surface area (Å²) in [6.07, 6.45) is 4.52. The zero-order valence-corrected chi connectivity index (χ0v) is 12.3. The number of amides is 1. The van der Waals surface area contributed by atoms with Crippen LogP contribution in [0.25, 0.3) is 5.69 Å². The van der Waals surface area contributed by atoms with E-state index in [9.17, 15) is 14.0 Å². The maximum Gasteiger partial charge on any atom is 0.305 e. The van der Waals surface area contributed by atoms with Crippen LogP contribution >= 0.6 is 0 Å². The van der Waals surface area contributed by atoms with E-state index in [1.807, 2.05) is 0 Å². The molecule has 0 aliphatic heterocycles. The molecule has 0 bridgehead atoms. The second kappa shape index (κ2) is 6.20. The second-order valence-electron chi connectivity index (χ2n) is 5.64. The molecule has 1 aromatic carbocycles. The molecule has 1 saturated carbocycles. The zero-order valence-electron chi connectivity index (χ0n) is 12.3. The van der Waals surface area contributed by atoms with Gasteiger partial charge in [-0.3, -0.25) is 9.59 Å². The lowest BCUT2D eigenvalue weighted by atomic mass is 10.1. The first kappa shape index (κ1) is 15.2. The van der Waals surface area contributed by atoms with Crippen LogP contribution in [0.3, 0.4) is 0 Å². The summed E-state index contributed by atoms with van der Waals surface area (Å²) >= 11 is 0. The third-order valence-electron chi connectivity index (χ3n) is 3.85. The minimum Gasteiger partial charge on any atom is -0.481 e. The summed E-state index contributed by atoms with van der Waals surface area (Å²) in [6.45, 7) is 0. The Morgan fingerprint density at radius 2 is 2.13 bits per heavy atom. The number of para-hydroxylation sites is 1. The average molecular weight is 317 g/mol. The van der Waals surface area contributed by atoms with Crippen LogP contribution in [-0.4, -0.2) is 32.8 Å². The van der Waals surface area contributed by atoms with Gasteiger partial charge in [0, 0.05) is 12.2 Å². The quantitative estimate of drug-likeness (QED) is 0.853. The number of carboxylic acids is 1. The number of nitrogens with one attached hydrogen (secondary N) is 1. The van der Waals surface area contributed by atoms with Crippen LogP contribution in [0.15, 0.2) is 36.7 Å². The van der Waals surface area contributed by atoms with Crippen molar-refractivity contribution < 1.29 is 19.1 Å². The Hall–Kier alpha value is -2.70. The molecule has 23 heavy (non-hydrogen) atoms. The predicted molar refractivity (Wildman–Crippen MR) is 79.8 cm³/mol. The van der Waals surface area contributed by atoms with Gasteiger partial charge in [0.25, 0.3) is 5.91 Å². The fourth-order valence-electron chi connectivity index (χ4n) is 2.48. The summed E-state index contributed by atoms with van der Waals surface area (Å²) < 4.78 is 15.0. The van der Waals surface area contributed by atoms with Gasteiger partial charge < -0.3 is 10.4 Å². The molecule has 0 saturated heterocycles.